The molecule has 0 atom stereocenters. The van der Waals surface area contributed by atoms with Gasteiger partial charge in [-0.1, -0.05) is 18.9 Å². The van der Waals surface area contributed by atoms with E-state index in [1.54, 1.807) is 0 Å². The van der Waals surface area contributed by atoms with Gasteiger partial charge in [-0.15, -0.1) is 0 Å². The van der Waals surface area contributed by atoms with Crippen molar-refractivity contribution in [3.63, 3.8) is 0 Å². The van der Waals surface area contributed by atoms with Gasteiger partial charge in [-0.3, -0.25) is 4.79 Å². The smallest absolute Gasteiger partial charge is 0.322 e. The van der Waals surface area contributed by atoms with Crippen molar-refractivity contribution < 1.29 is 26.4 Å². The summed E-state index contributed by atoms with van der Waals surface area (Å²) < 4.78 is 65.6. The standard InChI is InChI=1S/C20H22F3N3O3S/c1-14-17(9-10-18(24-14)20(21,22)23)19(27)25-15-7-6-8-16(13-15)30(28,29)26-11-4-2-3-5-12-26/h6-10,13H,2-5,11-12H2,1H3,(H,25,27). The molecule has 0 aliphatic carbocycles. The first-order valence-electron chi connectivity index (χ1n) is 9.55. The van der Waals surface area contributed by atoms with Gasteiger partial charge in [0.05, 0.1) is 16.2 Å². The highest BCUT2D eigenvalue weighted by molar-refractivity contribution is 7.89. The monoisotopic (exact) mass is 441 g/mol. The Morgan fingerprint density at radius 2 is 1.73 bits per heavy atom. The Bertz CT molecular complexity index is 1030. The molecule has 30 heavy (non-hydrogen) atoms. The van der Waals surface area contributed by atoms with Crippen LogP contribution in [0.1, 0.15) is 47.4 Å². The van der Waals surface area contributed by atoms with Crippen molar-refractivity contribution in [2.24, 2.45) is 0 Å². The summed E-state index contributed by atoms with van der Waals surface area (Å²) in [4.78, 5) is 16.0. The second kappa shape index (κ2) is 8.73. The maximum atomic E-state index is 12.9. The SMILES string of the molecule is Cc1nc(C(F)(F)F)ccc1C(=O)Nc1cccc(S(=O)(=O)N2CCCCCC2)c1. The molecule has 1 N–H and O–H groups in total. The van der Waals surface area contributed by atoms with E-state index in [4.69, 9.17) is 0 Å². The largest absolute Gasteiger partial charge is 0.433 e. The van der Waals surface area contributed by atoms with Crippen molar-refractivity contribution in [2.75, 3.05) is 18.4 Å². The van der Waals surface area contributed by atoms with E-state index in [2.05, 4.69) is 10.3 Å². The number of hydrogen-bond acceptors (Lipinski definition) is 4. The first kappa shape index (κ1) is 22.2. The third kappa shape index (κ3) is 4.99. The summed E-state index contributed by atoms with van der Waals surface area (Å²) in [5.41, 5.74) is -0.947. The molecule has 1 aromatic carbocycles. The number of benzene rings is 1. The fourth-order valence-corrected chi connectivity index (χ4v) is 4.89. The first-order chi connectivity index (χ1) is 14.1. The zero-order valence-electron chi connectivity index (χ0n) is 16.4. The Morgan fingerprint density at radius 3 is 2.33 bits per heavy atom. The number of nitrogens with zero attached hydrogens (tertiary/aromatic N) is 2. The second-order valence-electron chi connectivity index (χ2n) is 7.13. The number of sulfonamides is 1. The van der Waals surface area contributed by atoms with Crippen molar-refractivity contribution in [2.45, 2.75) is 43.7 Å². The Kier molecular flexibility index (Phi) is 6.47. The number of carbonyl (C=O) groups is 1. The molecule has 0 radical (unpaired) electrons. The van der Waals surface area contributed by atoms with Crippen LogP contribution in [0.2, 0.25) is 0 Å². The molecule has 0 spiro atoms. The molecule has 0 unspecified atom stereocenters. The molecule has 10 heteroatoms. The summed E-state index contributed by atoms with van der Waals surface area (Å²) in [7, 11) is -3.69. The van der Waals surface area contributed by atoms with Crippen LogP contribution < -0.4 is 5.32 Å². The van der Waals surface area contributed by atoms with Crippen molar-refractivity contribution in [3.8, 4) is 0 Å². The molecule has 0 bridgehead atoms. The molecule has 0 saturated carbocycles. The molecule has 1 aliphatic heterocycles. The van der Waals surface area contributed by atoms with E-state index in [0.717, 1.165) is 37.8 Å². The molecular formula is C20H22F3N3O3S. The number of halogens is 3. The van der Waals surface area contributed by atoms with Gasteiger partial charge in [-0.2, -0.15) is 17.5 Å². The van der Waals surface area contributed by atoms with Crippen LogP contribution in [0.5, 0.6) is 0 Å². The van der Waals surface area contributed by atoms with Crippen LogP contribution in [0.15, 0.2) is 41.3 Å². The van der Waals surface area contributed by atoms with Crippen LogP contribution in [-0.2, 0) is 16.2 Å². The first-order valence-corrected chi connectivity index (χ1v) is 11.0. The number of nitrogens with one attached hydrogen (secondary N) is 1. The molecule has 1 saturated heterocycles. The number of alkyl halides is 3. The lowest BCUT2D eigenvalue weighted by atomic mass is 10.1. The number of rotatable bonds is 4. The molecule has 2 heterocycles. The lowest BCUT2D eigenvalue weighted by molar-refractivity contribution is -0.141. The summed E-state index contributed by atoms with van der Waals surface area (Å²) in [6.07, 6.45) is -1.02. The Hall–Kier alpha value is -2.46. The summed E-state index contributed by atoms with van der Waals surface area (Å²) in [5, 5.41) is 2.54. The van der Waals surface area contributed by atoms with Gasteiger partial charge in [0.25, 0.3) is 5.91 Å². The lowest BCUT2D eigenvalue weighted by Gasteiger charge is -2.20. The number of aromatic nitrogens is 1. The van der Waals surface area contributed by atoms with Crippen molar-refractivity contribution in [1.82, 2.24) is 9.29 Å². The minimum Gasteiger partial charge on any atom is -0.322 e. The third-order valence-electron chi connectivity index (χ3n) is 4.92. The van der Waals surface area contributed by atoms with Crippen LogP contribution in [0.25, 0.3) is 0 Å². The van der Waals surface area contributed by atoms with Gasteiger partial charge in [0, 0.05) is 18.8 Å². The molecule has 162 valence electrons. The molecule has 3 rings (SSSR count). The van der Waals surface area contributed by atoms with Crippen molar-refractivity contribution in [1.29, 1.82) is 0 Å². The summed E-state index contributed by atoms with van der Waals surface area (Å²) >= 11 is 0. The highest BCUT2D eigenvalue weighted by Crippen LogP contribution is 2.28. The maximum absolute atomic E-state index is 12.9. The molecular weight excluding hydrogens is 419 g/mol. The highest BCUT2D eigenvalue weighted by atomic mass is 32.2. The number of aryl methyl sites for hydroxylation is 1. The van der Waals surface area contributed by atoms with Crippen LogP contribution in [0, 0.1) is 6.92 Å². The number of carbonyl (C=O) groups excluding carboxylic acids is 1. The van der Waals surface area contributed by atoms with E-state index < -0.39 is 27.8 Å². The van der Waals surface area contributed by atoms with Gasteiger partial charge in [0.2, 0.25) is 10.0 Å². The fraction of sp³-hybridized carbons (Fsp3) is 0.400. The summed E-state index contributed by atoms with van der Waals surface area (Å²) in [6.45, 7) is 2.22. The number of anilines is 1. The van der Waals surface area contributed by atoms with E-state index in [-0.39, 0.29) is 21.8 Å². The van der Waals surface area contributed by atoms with Crippen molar-refractivity contribution >= 4 is 21.6 Å². The van der Waals surface area contributed by atoms with E-state index >= 15 is 0 Å². The van der Waals surface area contributed by atoms with E-state index in [1.807, 2.05) is 0 Å². The molecule has 1 fully saturated rings. The molecule has 1 amide bonds. The quantitative estimate of drug-likeness (QED) is 0.770. The van der Waals surface area contributed by atoms with E-state index in [1.165, 1.54) is 35.5 Å². The van der Waals surface area contributed by atoms with Gasteiger partial charge in [-0.25, -0.2) is 13.4 Å². The summed E-state index contributed by atoms with van der Waals surface area (Å²) in [6, 6.07) is 7.64. The second-order valence-corrected chi connectivity index (χ2v) is 9.07. The lowest BCUT2D eigenvalue weighted by Crippen LogP contribution is -2.32. The maximum Gasteiger partial charge on any atom is 0.433 e. The zero-order valence-corrected chi connectivity index (χ0v) is 17.2. The zero-order chi connectivity index (χ0) is 21.9. The highest BCUT2D eigenvalue weighted by Gasteiger charge is 2.33. The third-order valence-corrected chi connectivity index (χ3v) is 6.81. The number of pyridine rings is 1. The molecule has 1 aromatic heterocycles. The predicted molar refractivity (Wildman–Crippen MR) is 106 cm³/mol. The fourth-order valence-electron chi connectivity index (χ4n) is 3.32. The summed E-state index contributed by atoms with van der Waals surface area (Å²) in [5.74, 6) is -0.668. The predicted octanol–water partition coefficient (Wildman–Crippen LogP) is 4.23. The van der Waals surface area contributed by atoms with Gasteiger partial charge >= 0.3 is 6.18 Å². The van der Waals surface area contributed by atoms with Crippen LogP contribution in [0.3, 0.4) is 0 Å². The normalized spacial score (nSPS) is 16.1. The topological polar surface area (TPSA) is 79.4 Å². The molecule has 6 nitrogen and oxygen atoms in total. The van der Waals surface area contributed by atoms with E-state index in [0.29, 0.717) is 13.1 Å². The Balaban J connectivity index is 1.80. The average Bonchev–Trinajstić information content (AvgIpc) is 2.97. The van der Waals surface area contributed by atoms with Gasteiger partial charge < -0.3 is 5.32 Å². The minimum absolute atomic E-state index is 0.0243. The Morgan fingerprint density at radius 1 is 1.07 bits per heavy atom. The number of amides is 1. The minimum atomic E-state index is -4.60. The van der Waals surface area contributed by atoms with Gasteiger partial charge in [-0.05, 0) is 50.1 Å². The molecule has 2 aromatic rings. The van der Waals surface area contributed by atoms with Crippen molar-refractivity contribution in [3.05, 3.63) is 53.3 Å². The van der Waals surface area contributed by atoms with Crippen LogP contribution >= 0.6 is 0 Å². The number of hydrogen-bond donors (Lipinski definition) is 1. The van der Waals surface area contributed by atoms with Crippen LogP contribution in [0.4, 0.5) is 18.9 Å². The Labute approximate surface area is 173 Å². The van der Waals surface area contributed by atoms with Gasteiger partial charge in [0.1, 0.15) is 5.69 Å². The van der Waals surface area contributed by atoms with E-state index in [9.17, 15) is 26.4 Å². The molecule has 1 aliphatic rings. The average molecular weight is 441 g/mol. The van der Waals surface area contributed by atoms with Crippen LogP contribution in [-0.4, -0.2) is 36.7 Å². The van der Waals surface area contributed by atoms with Gasteiger partial charge in [0.15, 0.2) is 0 Å².